The maximum atomic E-state index is 12.3. The van der Waals surface area contributed by atoms with Crippen LogP contribution in [-0.2, 0) is 6.42 Å². The zero-order valence-electron chi connectivity index (χ0n) is 11.3. The van der Waals surface area contributed by atoms with Gasteiger partial charge in [-0.3, -0.25) is 4.79 Å². The molecule has 0 aliphatic heterocycles. The summed E-state index contributed by atoms with van der Waals surface area (Å²) in [5, 5.41) is 1.98. The van der Waals surface area contributed by atoms with Gasteiger partial charge >= 0.3 is 0 Å². The first-order chi connectivity index (χ1) is 9.15. The number of carbonyl (C=O) groups excluding carboxylic acids is 1. The van der Waals surface area contributed by atoms with E-state index in [1.807, 2.05) is 31.2 Å². The van der Waals surface area contributed by atoms with Gasteiger partial charge in [0.15, 0.2) is 17.3 Å². The fourth-order valence-corrected chi connectivity index (χ4v) is 2.83. The van der Waals surface area contributed by atoms with Crippen molar-refractivity contribution in [1.82, 2.24) is 0 Å². The van der Waals surface area contributed by atoms with E-state index in [0.29, 0.717) is 11.5 Å². The number of rotatable bonds is 2. The lowest BCUT2D eigenvalue weighted by atomic mass is 9.99. The number of Topliss-reactive ketones (excluding diaryl/α,β-unsaturated/α-hetero) is 1. The Bertz CT molecular complexity index is 673. The van der Waals surface area contributed by atoms with Crippen molar-refractivity contribution in [3.63, 3.8) is 0 Å². The van der Waals surface area contributed by atoms with Crippen molar-refractivity contribution < 1.29 is 14.3 Å². The lowest BCUT2D eigenvalue weighted by Crippen LogP contribution is -2.03. The summed E-state index contributed by atoms with van der Waals surface area (Å²) in [6.07, 6.45) is 0.832. The molecule has 0 N–H and O–H groups in total. The average Bonchev–Trinajstić information content (AvgIpc) is 2.73. The molecule has 19 heavy (non-hydrogen) atoms. The predicted molar refractivity (Wildman–Crippen MR) is 74.3 cm³/mol. The molecule has 2 aromatic carbocycles. The van der Waals surface area contributed by atoms with Crippen LogP contribution in [0.2, 0.25) is 0 Å². The molecule has 0 unspecified atom stereocenters. The molecule has 0 saturated carbocycles. The summed E-state index contributed by atoms with van der Waals surface area (Å²) in [6.45, 7) is 1.98. The van der Waals surface area contributed by atoms with Crippen molar-refractivity contribution in [3.05, 3.63) is 35.4 Å². The first kappa shape index (κ1) is 12.0. The van der Waals surface area contributed by atoms with E-state index in [9.17, 15) is 4.79 Å². The van der Waals surface area contributed by atoms with E-state index < -0.39 is 0 Å². The van der Waals surface area contributed by atoms with Crippen LogP contribution in [0.4, 0.5) is 0 Å². The lowest BCUT2D eigenvalue weighted by Gasteiger charge is -2.11. The molecule has 0 fully saturated rings. The standard InChI is InChI=1S/C16H16O3/c1-9-6-11-5-4-10-7-13(18-2)14(19-3)8-12(10)15(11)16(9)17/h4-5,7-9H,6H2,1-3H3/t9-/m1/s1. The predicted octanol–water partition coefficient (Wildman–Crippen LogP) is 3.23. The Labute approximate surface area is 112 Å². The monoisotopic (exact) mass is 256 g/mol. The number of methoxy groups -OCH3 is 2. The lowest BCUT2D eigenvalue weighted by molar-refractivity contribution is 0.0947. The highest BCUT2D eigenvalue weighted by Crippen LogP contribution is 2.38. The summed E-state index contributed by atoms with van der Waals surface area (Å²) in [6, 6.07) is 7.92. The van der Waals surface area contributed by atoms with Crippen LogP contribution in [-0.4, -0.2) is 20.0 Å². The largest absolute Gasteiger partial charge is 0.493 e. The van der Waals surface area contributed by atoms with Gasteiger partial charge in [-0.2, -0.15) is 0 Å². The van der Waals surface area contributed by atoms with Gasteiger partial charge in [0.25, 0.3) is 0 Å². The second-order valence-corrected chi connectivity index (χ2v) is 5.00. The van der Waals surface area contributed by atoms with Gasteiger partial charge in [0.1, 0.15) is 0 Å². The highest BCUT2D eigenvalue weighted by Gasteiger charge is 2.29. The number of ether oxygens (including phenoxy) is 2. The molecule has 0 spiro atoms. The number of ketones is 1. The van der Waals surface area contributed by atoms with E-state index in [4.69, 9.17) is 9.47 Å². The fourth-order valence-electron chi connectivity index (χ4n) is 2.83. The van der Waals surface area contributed by atoms with Gasteiger partial charge in [-0.25, -0.2) is 0 Å². The second-order valence-electron chi connectivity index (χ2n) is 5.00. The van der Waals surface area contributed by atoms with Gasteiger partial charge in [0.05, 0.1) is 14.2 Å². The molecule has 0 heterocycles. The maximum absolute atomic E-state index is 12.3. The number of hydrogen-bond acceptors (Lipinski definition) is 3. The maximum Gasteiger partial charge on any atom is 0.166 e. The van der Waals surface area contributed by atoms with E-state index in [-0.39, 0.29) is 11.7 Å². The molecule has 2 aromatic rings. The van der Waals surface area contributed by atoms with Gasteiger partial charge in [-0.15, -0.1) is 0 Å². The third kappa shape index (κ3) is 1.69. The summed E-state index contributed by atoms with van der Waals surface area (Å²) in [4.78, 5) is 12.3. The zero-order chi connectivity index (χ0) is 13.6. The van der Waals surface area contributed by atoms with Crippen LogP contribution < -0.4 is 9.47 Å². The Morgan fingerprint density at radius 3 is 2.47 bits per heavy atom. The minimum atomic E-state index is 0.0775. The number of carbonyl (C=O) groups is 1. The minimum Gasteiger partial charge on any atom is -0.493 e. The van der Waals surface area contributed by atoms with Crippen molar-refractivity contribution in [2.45, 2.75) is 13.3 Å². The average molecular weight is 256 g/mol. The van der Waals surface area contributed by atoms with Crippen molar-refractivity contribution >= 4 is 16.6 Å². The first-order valence-corrected chi connectivity index (χ1v) is 6.37. The van der Waals surface area contributed by atoms with Crippen LogP contribution in [0.15, 0.2) is 24.3 Å². The van der Waals surface area contributed by atoms with Gasteiger partial charge in [-0.1, -0.05) is 19.1 Å². The first-order valence-electron chi connectivity index (χ1n) is 6.37. The van der Waals surface area contributed by atoms with Gasteiger partial charge in [-0.05, 0) is 34.9 Å². The second kappa shape index (κ2) is 4.26. The Kier molecular flexibility index (Phi) is 2.70. The van der Waals surface area contributed by atoms with E-state index in [0.717, 1.165) is 28.3 Å². The molecule has 3 heteroatoms. The highest BCUT2D eigenvalue weighted by molar-refractivity contribution is 6.13. The molecular weight excluding hydrogens is 240 g/mol. The summed E-state index contributed by atoms with van der Waals surface area (Å²) in [5.41, 5.74) is 1.99. The molecule has 0 aromatic heterocycles. The van der Waals surface area contributed by atoms with Crippen LogP contribution >= 0.6 is 0 Å². The zero-order valence-corrected chi connectivity index (χ0v) is 11.3. The Morgan fingerprint density at radius 2 is 1.79 bits per heavy atom. The molecule has 3 rings (SSSR count). The van der Waals surface area contributed by atoms with Crippen LogP contribution in [0, 0.1) is 5.92 Å². The number of fused-ring (bicyclic) bond motifs is 3. The van der Waals surface area contributed by atoms with E-state index in [1.165, 1.54) is 0 Å². The van der Waals surface area contributed by atoms with E-state index in [2.05, 4.69) is 0 Å². The van der Waals surface area contributed by atoms with Crippen molar-refractivity contribution in [2.24, 2.45) is 5.92 Å². The fraction of sp³-hybridized carbons (Fsp3) is 0.312. The molecule has 1 atom stereocenters. The summed E-state index contributed by atoms with van der Waals surface area (Å²) in [7, 11) is 3.22. The molecule has 0 saturated heterocycles. The third-order valence-electron chi connectivity index (χ3n) is 3.83. The molecule has 98 valence electrons. The Balaban J connectivity index is 2.33. The SMILES string of the molecule is COc1cc2ccc3c(c2cc1OC)C(=O)[C@H](C)C3. The minimum absolute atomic E-state index is 0.0775. The Hall–Kier alpha value is -2.03. The smallest absolute Gasteiger partial charge is 0.166 e. The van der Waals surface area contributed by atoms with Crippen LogP contribution in [0.1, 0.15) is 22.8 Å². The molecule has 1 aliphatic rings. The molecular formula is C16H16O3. The van der Waals surface area contributed by atoms with E-state index >= 15 is 0 Å². The van der Waals surface area contributed by atoms with Gasteiger partial charge < -0.3 is 9.47 Å². The van der Waals surface area contributed by atoms with Crippen molar-refractivity contribution in [3.8, 4) is 11.5 Å². The topological polar surface area (TPSA) is 35.5 Å². The van der Waals surface area contributed by atoms with Gasteiger partial charge in [0.2, 0.25) is 0 Å². The summed E-state index contributed by atoms with van der Waals surface area (Å²) in [5.74, 6) is 1.66. The summed E-state index contributed by atoms with van der Waals surface area (Å²) < 4.78 is 10.6. The Morgan fingerprint density at radius 1 is 1.11 bits per heavy atom. The molecule has 0 radical (unpaired) electrons. The number of hydrogen-bond donors (Lipinski definition) is 0. The quantitative estimate of drug-likeness (QED) is 0.827. The normalized spacial score (nSPS) is 17.6. The van der Waals surface area contributed by atoms with Crippen molar-refractivity contribution in [1.29, 1.82) is 0 Å². The third-order valence-corrected chi connectivity index (χ3v) is 3.83. The molecule has 0 amide bonds. The highest BCUT2D eigenvalue weighted by atomic mass is 16.5. The summed E-state index contributed by atoms with van der Waals surface area (Å²) >= 11 is 0. The van der Waals surface area contributed by atoms with Crippen LogP contribution in [0.3, 0.4) is 0 Å². The van der Waals surface area contributed by atoms with Crippen LogP contribution in [0.25, 0.3) is 10.8 Å². The van der Waals surface area contributed by atoms with E-state index in [1.54, 1.807) is 14.2 Å². The van der Waals surface area contributed by atoms with Crippen LogP contribution in [0.5, 0.6) is 11.5 Å². The molecule has 3 nitrogen and oxygen atoms in total. The molecule has 0 bridgehead atoms. The number of benzene rings is 2. The van der Waals surface area contributed by atoms with Gasteiger partial charge in [0, 0.05) is 11.5 Å². The van der Waals surface area contributed by atoms with Crippen molar-refractivity contribution in [2.75, 3.05) is 14.2 Å². The molecule has 1 aliphatic carbocycles.